The van der Waals surface area contributed by atoms with Crippen LogP contribution in [0.2, 0.25) is 0 Å². The molecule has 7 nitrogen and oxygen atoms in total. The Balaban J connectivity index is 2.48. The number of aryl methyl sites for hydroxylation is 1. The summed E-state index contributed by atoms with van der Waals surface area (Å²) in [7, 11) is -2.01. The summed E-state index contributed by atoms with van der Waals surface area (Å²) in [5, 5.41) is 16.7. The fraction of sp³-hybridized carbons (Fsp3) is 0.308. The molecule has 0 amide bonds. The molecule has 1 aromatic heterocycles. The minimum absolute atomic E-state index is 0.00283. The van der Waals surface area contributed by atoms with Crippen molar-refractivity contribution in [2.45, 2.75) is 24.5 Å². The molecule has 0 fully saturated rings. The van der Waals surface area contributed by atoms with Gasteiger partial charge in [0.2, 0.25) is 0 Å². The van der Waals surface area contributed by atoms with Crippen molar-refractivity contribution in [2.24, 2.45) is 7.05 Å². The van der Waals surface area contributed by atoms with Crippen LogP contribution in [0.3, 0.4) is 0 Å². The molecule has 0 saturated carbocycles. The number of nitrogens with zero attached hydrogens (tertiary/aromatic N) is 3. The van der Waals surface area contributed by atoms with Gasteiger partial charge in [0.15, 0.2) is 9.84 Å². The maximum Gasteiger partial charge on any atom is 0.335 e. The van der Waals surface area contributed by atoms with E-state index in [0.29, 0.717) is 11.6 Å². The van der Waals surface area contributed by atoms with Gasteiger partial charge in [-0.2, -0.15) is 0 Å². The zero-order chi connectivity index (χ0) is 15.8. The number of sulfone groups is 1. The summed E-state index contributed by atoms with van der Waals surface area (Å²) in [5.41, 5.74) is 0.203. The lowest BCUT2D eigenvalue weighted by atomic mass is 10.1. The SMILES string of the molecule is Cc1c(C(=O)O)cccc1S(=O)(=O)Cc1nnc(C)n1C. The van der Waals surface area contributed by atoms with Crippen LogP contribution in [0.5, 0.6) is 0 Å². The molecule has 21 heavy (non-hydrogen) atoms. The molecule has 1 N–H and O–H groups in total. The van der Waals surface area contributed by atoms with Gasteiger partial charge >= 0.3 is 5.97 Å². The maximum absolute atomic E-state index is 12.5. The second-order valence-electron chi connectivity index (χ2n) is 4.72. The van der Waals surface area contributed by atoms with Crippen LogP contribution >= 0.6 is 0 Å². The first-order valence-corrected chi connectivity index (χ1v) is 7.80. The molecule has 2 aromatic rings. The van der Waals surface area contributed by atoms with E-state index >= 15 is 0 Å². The van der Waals surface area contributed by atoms with Crippen LogP contribution in [-0.2, 0) is 22.6 Å². The fourth-order valence-corrected chi connectivity index (χ4v) is 3.62. The van der Waals surface area contributed by atoms with Crippen LogP contribution < -0.4 is 0 Å². The van der Waals surface area contributed by atoms with Crippen molar-refractivity contribution in [3.05, 3.63) is 41.0 Å². The molecule has 0 unspecified atom stereocenters. The van der Waals surface area contributed by atoms with Crippen molar-refractivity contribution in [3.8, 4) is 0 Å². The van der Waals surface area contributed by atoms with Crippen LogP contribution in [0.25, 0.3) is 0 Å². The molecule has 2 rings (SSSR count). The Bertz CT molecular complexity index is 809. The highest BCUT2D eigenvalue weighted by Gasteiger charge is 2.23. The third-order valence-electron chi connectivity index (χ3n) is 3.35. The van der Waals surface area contributed by atoms with E-state index in [4.69, 9.17) is 5.11 Å². The third kappa shape index (κ3) is 2.80. The maximum atomic E-state index is 12.5. The fourth-order valence-electron chi connectivity index (χ4n) is 2.01. The van der Waals surface area contributed by atoms with Gasteiger partial charge in [0, 0.05) is 7.05 Å². The monoisotopic (exact) mass is 309 g/mol. The Kier molecular flexibility index (Phi) is 3.82. The lowest BCUT2D eigenvalue weighted by Gasteiger charge is -2.09. The molecule has 1 heterocycles. The molecule has 0 spiro atoms. The van der Waals surface area contributed by atoms with E-state index < -0.39 is 15.8 Å². The standard InChI is InChI=1S/C13H15N3O4S/c1-8-10(13(17)18)5-4-6-11(8)21(19,20)7-12-15-14-9(2)16(12)3/h4-6H,7H2,1-3H3,(H,17,18). The molecule has 0 aliphatic heterocycles. The predicted molar refractivity (Wildman–Crippen MR) is 74.8 cm³/mol. The van der Waals surface area contributed by atoms with Crippen LogP contribution in [0, 0.1) is 13.8 Å². The number of carboxylic acid groups (broad SMARTS) is 1. The zero-order valence-corrected chi connectivity index (χ0v) is 12.7. The highest BCUT2D eigenvalue weighted by atomic mass is 32.2. The second-order valence-corrected chi connectivity index (χ2v) is 6.67. The molecular formula is C13H15N3O4S. The largest absolute Gasteiger partial charge is 0.478 e. The molecule has 0 bridgehead atoms. The first kappa shape index (κ1) is 15.2. The Morgan fingerprint density at radius 3 is 2.48 bits per heavy atom. The average molecular weight is 309 g/mol. The molecule has 0 radical (unpaired) electrons. The number of rotatable bonds is 4. The zero-order valence-electron chi connectivity index (χ0n) is 11.9. The molecule has 112 valence electrons. The van der Waals surface area contributed by atoms with Gasteiger partial charge < -0.3 is 9.67 Å². The Hall–Kier alpha value is -2.22. The van der Waals surface area contributed by atoms with Gasteiger partial charge in [-0.1, -0.05) is 6.07 Å². The summed E-state index contributed by atoms with van der Waals surface area (Å²) in [4.78, 5) is 11.1. The molecule has 0 aliphatic rings. The van der Waals surface area contributed by atoms with E-state index in [9.17, 15) is 13.2 Å². The molecule has 0 saturated heterocycles. The number of carbonyl (C=O) groups is 1. The van der Waals surface area contributed by atoms with Crippen molar-refractivity contribution >= 4 is 15.8 Å². The number of hydrogen-bond donors (Lipinski definition) is 1. The smallest absolute Gasteiger partial charge is 0.335 e. The lowest BCUT2D eigenvalue weighted by Crippen LogP contribution is -2.13. The summed E-state index contributed by atoms with van der Waals surface area (Å²) in [5.74, 6) is -0.559. The van der Waals surface area contributed by atoms with Gasteiger partial charge in [-0.3, -0.25) is 0 Å². The van der Waals surface area contributed by atoms with Crippen molar-refractivity contribution in [1.82, 2.24) is 14.8 Å². The van der Waals surface area contributed by atoms with Crippen LogP contribution in [-0.4, -0.2) is 34.3 Å². The minimum Gasteiger partial charge on any atom is -0.478 e. The topological polar surface area (TPSA) is 102 Å². The van der Waals surface area contributed by atoms with E-state index in [-0.39, 0.29) is 21.8 Å². The Morgan fingerprint density at radius 1 is 1.29 bits per heavy atom. The van der Waals surface area contributed by atoms with Gasteiger partial charge in [-0.05, 0) is 31.5 Å². The van der Waals surface area contributed by atoms with E-state index in [1.807, 2.05) is 0 Å². The molecule has 0 aliphatic carbocycles. The molecule has 1 aromatic carbocycles. The minimum atomic E-state index is -3.70. The van der Waals surface area contributed by atoms with E-state index in [2.05, 4.69) is 10.2 Å². The van der Waals surface area contributed by atoms with Crippen molar-refractivity contribution in [3.63, 3.8) is 0 Å². The van der Waals surface area contributed by atoms with Gasteiger partial charge in [-0.25, -0.2) is 13.2 Å². The number of aromatic nitrogens is 3. The average Bonchev–Trinajstić information content (AvgIpc) is 2.70. The van der Waals surface area contributed by atoms with Gasteiger partial charge in [0.05, 0.1) is 10.5 Å². The number of carboxylic acids is 1. The number of hydrogen-bond acceptors (Lipinski definition) is 5. The summed E-state index contributed by atoms with van der Waals surface area (Å²) < 4.78 is 26.6. The first-order valence-electron chi connectivity index (χ1n) is 6.14. The lowest BCUT2D eigenvalue weighted by molar-refractivity contribution is 0.0696. The van der Waals surface area contributed by atoms with Crippen molar-refractivity contribution < 1.29 is 18.3 Å². The number of benzene rings is 1. The van der Waals surface area contributed by atoms with Gasteiger partial charge in [0.1, 0.15) is 17.4 Å². The Labute approximate surface area is 122 Å². The highest BCUT2D eigenvalue weighted by molar-refractivity contribution is 7.90. The van der Waals surface area contributed by atoms with Crippen LogP contribution in [0.4, 0.5) is 0 Å². The van der Waals surface area contributed by atoms with E-state index in [1.165, 1.54) is 25.1 Å². The van der Waals surface area contributed by atoms with Crippen molar-refractivity contribution in [2.75, 3.05) is 0 Å². The Morgan fingerprint density at radius 2 is 1.95 bits per heavy atom. The molecular weight excluding hydrogens is 294 g/mol. The molecule has 8 heteroatoms. The van der Waals surface area contributed by atoms with Gasteiger partial charge in [0.25, 0.3) is 0 Å². The summed E-state index contributed by atoms with van der Waals surface area (Å²) in [6.07, 6.45) is 0. The normalized spacial score (nSPS) is 11.6. The highest BCUT2D eigenvalue weighted by Crippen LogP contribution is 2.22. The van der Waals surface area contributed by atoms with Crippen molar-refractivity contribution in [1.29, 1.82) is 0 Å². The quantitative estimate of drug-likeness (QED) is 0.907. The summed E-state index contributed by atoms with van der Waals surface area (Å²) in [6, 6.07) is 4.20. The van der Waals surface area contributed by atoms with Gasteiger partial charge in [-0.15, -0.1) is 10.2 Å². The van der Waals surface area contributed by atoms with E-state index in [1.54, 1.807) is 18.5 Å². The van der Waals surface area contributed by atoms with E-state index in [0.717, 1.165) is 0 Å². The van der Waals surface area contributed by atoms with Crippen LogP contribution in [0.1, 0.15) is 27.6 Å². The third-order valence-corrected chi connectivity index (χ3v) is 5.10. The predicted octanol–water partition coefficient (Wildman–Crippen LogP) is 1.10. The summed E-state index contributed by atoms with van der Waals surface area (Å²) >= 11 is 0. The molecule has 0 atom stereocenters. The number of aromatic carboxylic acids is 1. The summed E-state index contributed by atoms with van der Waals surface area (Å²) in [6.45, 7) is 3.21. The van der Waals surface area contributed by atoms with Crippen LogP contribution in [0.15, 0.2) is 23.1 Å². The second kappa shape index (κ2) is 5.28. The first-order chi connectivity index (χ1) is 9.74.